The van der Waals surface area contributed by atoms with Crippen LogP contribution >= 0.6 is 23.4 Å². The molecule has 0 radical (unpaired) electrons. The molecular weight excluding hydrogens is 246 g/mol. The summed E-state index contributed by atoms with van der Waals surface area (Å²) in [4.78, 5) is 12.2. The molecule has 4 nitrogen and oxygen atoms in total. The van der Waals surface area contributed by atoms with Crippen LogP contribution in [0.25, 0.3) is 0 Å². The Labute approximate surface area is 105 Å². The highest BCUT2D eigenvalue weighted by molar-refractivity contribution is 8.00. The van der Waals surface area contributed by atoms with Crippen molar-refractivity contribution < 1.29 is 4.74 Å². The molecule has 0 atom stereocenters. The van der Waals surface area contributed by atoms with Crippen molar-refractivity contribution in [1.29, 1.82) is 0 Å². The Morgan fingerprint density at radius 3 is 2.31 bits per heavy atom. The van der Waals surface area contributed by atoms with Crippen LogP contribution in [0, 0.1) is 0 Å². The number of halogens is 1. The number of rotatable bonds is 3. The number of nitrogens with zero attached hydrogens (tertiary/aromatic N) is 3. The van der Waals surface area contributed by atoms with Crippen molar-refractivity contribution in [3.05, 3.63) is 5.28 Å². The number of hydrogen-bond donors (Lipinski definition) is 0. The van der Waals surface area contributed by atoms with Crippen molar-refractivity contribution in [2.75, 3.05) is 0 Å². The Kier molecular flexibility index (Phi) is 4.38. The molecule has 0 unspecified atom stereocenters. The number of ether oxygens (including phenoxy) is 1. The summed E-state index contributed by atoms with van der Waals surface area (Å²) in [6.45, 7) is 10.1. The van der Waals surface area contributed by atoms with Crippen LogP contribution < -0.4 is 4.74 Å². The van der Waals surface area contributed by atoms with Crippen LogP contribution in [0.3, 0.4) is 0 Å². The fourth-order valence-corrected chi connectivity index (χ4v) is 1.90. The molecule has 0 aromatic carbocycles. The van der Waals surface area contributed by atoms with E-state index in [9.17, 15) is 0 Å². The lowest BCUT2D eigenvalue weighted by molar-refractivity contribution is 0.219. The molecule has 0 saturated heterocycles. The number of aromatic nitrogens is 3. The molecule has 1 aromatic heterocycles. The van der Waals surface area contributed by atoms with Gasteiger partial charge in [-0.15, -0.1) is 0 Å². The molecule has 0 amide bonds. The van der Waals surface area contributed by atoms with E-state index < -0.39 is 0 Å². The SMILES string of the molecule is CC(C)Oc1nc(Cl)nc(SC(C)(C)C)n1. The van der Waals surface area contributed by atoms with Crippen LogP contribution in [0.2, 0.25) is 5.28 Å². The first-order chi connectivity index (χ1) is 7.26. The van der Waals surface area contributed by atoms with E-state index in [0.717, 1.165) is 0 Å². The molecular formula is C10H16ClN3OS. The third kappa shape index (κ3) is 4.99. The van der Waals surface area contributed by atoms with Gasteiger partial charge in [0.25, 0.3) is 0 Å². The molecule has 0 aliphatic carbocycles. The Bertz CT molecular complexity index is 366. The second-order valence-corrected chi connectivity index (χ2v) is 6.68. The van der Waals surface area contributed by atoms with Gasteiger partial charge >= 0.3 is 6.01 Å². The van der Waals surface area contributed by atoms with Crippen LogP contribution in [0.1, 0.15) is 34.6 Å². The first-order valence-electron chi connectivity index (χ1n) is 5.03. The predicted octanol–water partition coefficient (Wildman–Crippen LogP) is 3.20. The van der Waals surface area contributed by atoms with Crippen molar-refractivity contribution in [2.45, 2.75) is 50.6 Å². The Hall–Kier alpha value is -0.550. The van der Waals surface area contributed by atoms with Crippen molar-refractivity contribution in [3.8, 4) is 6.01 Å². The monoisotopic (exact) mass is 261 g/mol. The molecule has 6 heteroatoms. The lowest BCUT2D eigenvalue weighted by atomic mass is 10.3. The van der Waals surface area contributed by atoms with Gasteiger partial charge in [-0.3, -0.25) is 0 Å². The van der Waals surface area contributed by atoms with Crippen molar-refractivity contribution >= 4 is 23.4 Å². The Morgan fingerprint density at radius 1 is 1.19 bits per heavy atom. The zero-order valence-corrected chi connectivity index (χ0v) is 11.7. The largest absolute Gasteiger partial charge is 0.461 e. The highest BCUT2D eigenvalue weighted by atomic mass is 35.5. The van der Waals surface area contributed by atoms with Gasteiger partial charge in [0.2, 0.25) is 5.28 Å². The normalized spacial score (nSPS) is 11.9. The molecule has 0 bridgehead atoms. The van der Waals surface area contributed by atoms with E-state index in [1.165, 1.54) is 11.8 Å². The maximum Gasteiger partial charge on any atom is 0.321 e. The van der Waals surface area contributed by atoms with Gasteiger partial charge in [0, 0.05) is 4.75 Å². The third-order valence-corrected chi connectivity index (χ3v) is 2.45. The molecule has 0 aliphatic rings. The van der Waals surface area contributed by atoms with Crippen molar-refractivity contribution in [3.63, 3.8) is 0 Å². The molecule has 0 fully saturated rings. The number of hydrogen-bond acceptors (Lipinski definition) is 5. The molecule has 1 aromatic rings. The molecule has 0 spiro atoms. The van der Waals surface area contributed by atoms with Gasteiger partial charge in [-0.1, -0.05) is 32.5 Å². The first kappa shape index (κ1) is 13.5. The van der Waals surface area contributed by atoms with E-state index in [-0.39, 0.29) is 22.1 Å². The van der Waals surface area contributed by atoms with Crippen LogP contribution in [-0.4, -0.2) is 25.8 Å². The molecule has 1 heterocycles. The molecule has 0 saturated carbocycles. The summed E-state index contributed by atoms with van der Waals surface area (Å²) in [6, 6.07) is 0.279. The minimum Gasteiger partial charge on any atom is -0.461 e. The van der Waals surface area contributed by atoms with Gasteiger partial charge in [-0.25, -0.2) is 0 Å². The van der Waals surface area contributed by atoms with E-state index in [0.29, 0.717) is 5.16 Å². The second kappa shape index (κ2) is 5.19. The van der Waals surface area contributed by atoms with Crippen molar-refractivity contribution in [2.24, 2.45) is 0 Å². The summed E-state index contributed by atoms with van der Waals surface area (Å²) in [5, 5.41) is 0.751. The topological polar surface area (TPSA) is 47.9 Å². The Balaban J connectivity index is 2.90. The average molecular weight is 262 g/mol. The third-order valence-electron chi connectivity index (χ3n) is 1.31. The zero-order valence-electron chi connectivity index (χ0n) is 10.1. The summed E-state index contributed by atoms with van der Waals surface area (Å²) < 4.78 is 5.42. The second-order valence-electron chi connectivity index (χ2n) is 4.55. The van der Waals surface area contributed by atoms with Gasteiger partial charge in [-0.05, 0) is 25.4 Å². The number of thioether (sulfide) groups is 1. The minimum atomic E-state index is 0.0194. The van der Waals surface area contributed by atoms with Crippen LogP contribution in [-0.2, 0) is 0 Å². The van der Waals surface area contributed by atoms with Gasteiger partial charge in [0.05, 0.1) is 6.10 Å². The van der Waals surface area contributed by atoms with E-state index in [1.807, 2.05) is 13.8 Å². The quantitative estimate of drug-likeness (QED) is 0.782. The van der Waals surface area contributed by atoms with Gasteiger partial charge in [-0.2, -0.15) is 15.0 Å². The predicted molar refractivity (Wildman–Crippen MR) is 66.2 cm³/mol. The summed E-state index contributed by atoms with van der Waals surface area (Å²) in [5.74, 6) is 0. The van der Waals surface area contributed by atoms with Crippen molar-refractivity contribution in [1.82, 2.24) is 15.0 Å². The van der Waals surface area contributed by atoms with Crippen LogP contribution in [0.4, 0.5) is 0 Å². The Morgan fingerprint density at radius 2 is 1.81 bits per heavy atom. The van der Waals surface area contributed by atoms with Crippen LogP contribution in [0.15, 0.2) is 5.16 Å². The smallest absolute Gasteiger partial charge is 0.321 e. The van der Waals surface area contributed by atoms with E-state index >= 15 is 0 Å². The molecule has 0 aliphatic heterocycles. The minimum absolute atomic E-state index is 0.0194. The molecule has 1 rings (SSSR count). The lowest BCUT2D eigenvalue weighted by Gasteiger charge is -2.16. The fourth-order valence-electron chi connectivity index (χ4n) is 0.898. The summed E-state index contributed by atoms with van der Waals surface area (Å²) >= 11 is 7.34. The van der Waals surface area contributed by atoms with E-state index in [4.69, 9.17) is 16.3 Å². The zero-order chi connectivity index (χ0) is 12.3. The van der Waals surface area contributed by atoms with Crippen LogP contribution in [0.5, 0.6) is 6.01 Å². The molecule has 90 valence electrons. The van der Waals surface area contributed by atoms with Gasteiger partial charge in [0.15, 0.2) is 5.16 Å². The van der Waals surface area contributed by atoms with E-state index in [2.05, 4.69) is 35.7 Å². The fraction of sp³-hybridized carbons (Fsp3) is 0.700. The maximum atomic E-state index is 5.81. The molecule has 16 heavy (non-hydrogen) atoms. The summed E-state index contributed by atoms with van der Waals surface area (Å²) in [5.41, 5.74) is 0. The van der Waals surface area contributed by atoms with Gasteiger partial charge in [0.1, 0.15) is 0 Å². The summed E-state index contributed by atoms with van der Waals surface area (Å²) in [7, 11) is 0. The average Bonchev–Trinajstić information content (AvgIpc) is 1.96. The first-order valence-corrected chi connectivity index (χ1v) is 6.23. The maximum absolute atomic E-state index is 5.81. The van der Waals surface area contributed by atoms with E-state index in [1.54, 1.807) is 0 Å². The highest BCUT2D eigenvalue weighted by Crippen LogP contribution is 2.30. The molecule has 0 N–H and O–H groups in total. The summed E-state index contributed by atoms with van der Waals surface area (Å²) in [6.07, 6.45) is 0.0194. The van der Waals surface area contributed by atoms with Gasteiger partial charge < -0.3 is 4.74 Å². The highest BCUT2D eigenvalue weighted by Gasteiger charge is 2.16. The standard InChI is InChI=1S/C10H16ClN3OS/c1-6(2)15-8-12-7(11)13-9(14-8)16-10(3,4)5/h6H,1-5H3. The lowest BCUT2D eigenvalue weighted by Crippen LogP contribution is -2.12.